The Morgan fingerprint density at radius 3 is 2.52 bits per heavy atom. The second-order valence-corrected chi connectivity index (χ2v) is 8.13. The second-order valence-electron chi connectivity index (χ2n) is 7.25. The Hall–Kier alpha value is -2.80. The Balaban J connectivity index is 1.47. The third kappa shape index (κ3) is 4.29. The van der Waals surface area contributed by atoms with Crippen LogP contribution < -0.4 is 9.64 Å². The lowest BCUT2D eigenvalue weighted by Crippen LogP contribution is -2.24. The first-order chi connectivity index (χ1) is 14.0. The summed E-state index contributed by atoms with van der Waals surface area (Å²) in [6.07, 6.45) is 2.52. The maximum absolute atomic E-state index is 12.5. The molecule has 0 saturated carbocycles. The SMILES string of the molecule is CSc1ccc(N2CC(c3nc(-c4ccc(OC(C)C)cc4)no3)CC2=O)cc1. The van der Waals surface area contributed by atoms with Gasteiger partial charge in [-0.1, -0.05) is 5.16 Å². The second kappa shape index (κ2) is 8.29. The van der Waals surface area contributed by atoms with Gasteiger partial charge in [0, 0.05) is 29.1 Å². The maximum atomic E-state index is 12.5. The van der Waals surface area contributed by atoms with E-state index in [1.165, 1.54) is 4.90 Å². The van der Waals surface area contributed by atoms with Crippen LogP contribution in [0.25, 0.3) is 11.4 Å². The summed E-state index contributed by atoms with van der Waals surface area (Å²) in [5.41, 5.74) is 1.75. The molecule has 2 aromatic carbocycles. The lowest BCUT2D eigenvalue weighted by Gasteiger charge is -2.16. The number of rotatable bonds is 6. The van der Waals surface area contributed by atoms with Crippen molar-refractivity contribution in [2.75, 3.05) is 17.7 Å². The number of carbonyl (C=O) groups excluding carboxylic acids is 1. The third-order valence-corrected chi connectivity index (χ3v) is 5.53. The molecule has 1 unspecified atom stereocenters. The van der Waals surface area contributed by atoms with Crippen LogP contribution in [-0.2, 0) is 4.79 Å². The zero-order valence-corrected chi connectivity index (χ0v) is 17.5. The lowest BCUT2D eigenvalue weighted by atomic mass is 10.1. The highest BCUT2D eigenvalue weighted by Gasteiger charge is 2.35. The Labute approximate surface area is 174 Å². The predicted molar refractivity (Wildman–Crippen MR) is 113 cm³/mol. The first-order valence-electron chi connectivity index (χ1n) is 9.58. The van der Waals surface area contributed by atoms with Crippen molar-refractivity contribution in [2.24, 2.45) is 0 Å². The highest BCUT2D eigenvalue weighted by Crippen LogP contribution is 2.33. The van der Waals surface area contributed by atoms with Gasteiger partial charge in [-0.05, 0) is 68.6 Å². The topological polar surface area (TPSA) is 68.5 Å². The minimum absolute atomic E-state index is 0.0711. The highest BCUT2D eigenvalue weighted by molar-refractivity contribution is 7.98. The van der Waals surface area contributed by atoms with Crippen molar-refractivity contribution in [3.05, 3.63) is 54.4 Å². The van der Waals surface area contributed by atoms with E-state index in [1.807, 2.05) is 68.6 Å². The molecule has 1 aromatic heterocycles. The minimum Gasteiger partial charge on any atom is -0.491 e. The van der Waals surface area contributed by atoms with Crippen molar-refractivity contribution in [1.82, 2.24) is 10.1 Å². The van der Waals surface area contributed by atoms with Crippen LogP contribution in [0, 0.1) is 0 Å². The van der Waals surface area contributed by atoms with Gasteiger partial charge in [0.2, 0.25) is 17.6 Å². The lowest BCUT2D eigenvalue weighted by molar-refractivity contribution is -0.117. The molecule has 1 fully saturated rings. The van der Waals surface area contributed by atoms with Crippen molar-refractivity contribution in [2.45, 2.75) is 37.2 Å². The number of hydrogen-bond acceptors (Lipinski definition) is 6. The summed E-state index contributed by atoms with van der Waals surface area (Å²) < 4.78 is 11.2. The van der Waals surface area contributed by atoms with Crippen LogP contribution >= 0.6 is 11.8 Å². The molecule has 29 heavy (non-hydrogen) atoms. The van der Waals surface area contributed by atoms with Gasteiger partial charge < -0.3 is 14.2 Å². The summed E-state index contributed by atoms with van der Waals surface area (Å²) in [6.45, 7) is 4.52. The third-order valence-electron chi connectivity index (χ3n) is 4.78. The molecule has 0 aliphatic carbocycles. The molecule has 1 saturated heterocycles. The van der Waals surface area contributed by atoms with Crippen LogP contribution in [0.4, 0.5) is 5.69 Å². The summed E-state index contributed by atoms with van der Waals surface area (Å²) in [7, 11) is 0. The molecule has 1 aliphatic heterocycles. The van der Waals surface area contributed by atoms with Crippen LogP contribution in [-0.4, -0.2) is 35.0 Å². The molecule has 0 N–H and O–H groups in total. The highest BCUT2D eigenvalue weighted by atomic mass is 32.2. The molecule has 1 atom stereocenters. The van der Waals surface area contributed by atoms with Crippen LogP contribution in [0.2, 0.25) is 0 Å². The van der Waals surface area contributed by atoms with Gasteiger partial charge >= 0.3 is 0 Å². The Kier molecular flexibility index (Phi) is 5.58. The number of benzene rings is 2. The smallest absolute Gasteiger partial charge is 0.232 e. The van der Waals surface area contributed by atoms with E-state index >= 15 is 0 Å². The number of ether oxygens (including phenoxy) is 1. The quantitative estimate of drug-likeness (QED) is 0.547. The van der Waals surface area contributed by atoms with Gasteiger partial charge in [-0.25, -0.2) is 0 Å². The molecule has 3 aromatic rings. The molecule has 4 rings (SSSR count). The summed E-state index contributed by atoms with van der Waals surface area (Å²) in [5.74, 6) is 1.79. The van der Waals surface area contributed by atoms with E-state index in [0.717, 1.165) is 17.0 Å². The zero-order chi connectivity index (χ0) is 20.4. The average Bonchev–Trinajstić information content (AvgIpc) is 3.35. The summed E-state index contributed by atoms with van der Waals surface area (Å²) in [4.78, 5) is 20.0. The van der Waals surface area contributed by atoms with E-state index in [4.69, 9.17) is 9.26 Å². The Morgan fingerprint density at radius 1 is 1.14 bits per heavy atom. The maximum Gasteiger partial charge on any atom is 0.232 e. The van der Waals surface area contributed by atoms with Crippen molar-refractivity contribution < 1.29 is 14.1 Å². The monoisotopic (exact) mass is 409 g/mol. The standard InChI is InChI=1S/C22H23N3O3S/c1-14(2)27-18-8-4-15(5-9-18)21-23-22(28-24-21)16-12-20(26)25(13-16)17-6-10-19(29-3)11-7-17/h4-11,14,16H,12-13H2,1-3H3. The fourth-order valence-electron chi connectivity index (χ4n) is 3.36. The van der Waals surface area contributed by atoms with Crippen molar-refractivity contribution in [3.8, 4) is 17.1 Å². The molecule has 0 radical (unpaired) electrons. The molecular formula is C22H23N3O3S. The Morgan fingerprint density at radius 2 is 1.86 bits per heavy atom. The first kappa shape index (κ1) is 19.5. The van der Waals surface area contributed by atoms with Crippen molar-refractivity contribution >= 4 is 23.4 Å². The molecule has 2 heterocycles. The summed E-state index contributed by atoms with van der Waals surface area (Å²) in [6, 6.07) is 15.6. The van der Waals surface area contributed by atoms with Crippen LogP contribution in [0.1, 0.15) is 32.1 Å². The molecule has 0 bridgehead atoms. The van der Waals surface area contributed by atoms with Crippen LogP contribution in [0.5, 0.6) is 5.75 Å². The van der Waals surface area contributed by atoms with Gasteiger partial charge in [0.15, 0.2) is 0 Å². The average molecular weight is 410 g/mol. The van der Waals surface area contributed by atoms with Gasteiger partial charge in [0.25, 0.3) is 0 Å². The van der Waals surface area contributed by atoms with Crippen molar-refractivity contribution in [1.29, 1.82) is 0 Å². The number of aromatic nitrogens is 2. The number of amides is 1. The van der Waals surface area contributed by atoms with E-state index < -0.39 is 0 Å². The molecular weight excluding hydrogens is 386 g/mol. The zero-order valence-electron chi connectivity index (χ0n) is 16.7. The first-order valence-corrected chi connectivity index (χ1v) is 10.8. The molecule has 0 spiro atoms. The van der Waals surface area contributed by atoms with Crippen molar-refractivity contribution in [3.63, 3.8) is 0 Å². The van der Waals surface area contributed by atoms with E-state index in [9.17, 15) is 4.79 Å². The molecule has 150 valence electrons. The number of hydrogen-bond donors (Lipinski definition) is 0. The fraction of sp³-hybridized carbons (Fsp3) is 0.318. The van der Waals surface area contributed by atoms with Crippen LogP contribution in [0.15, 0.2) is 57.9 Å². The normalized spacial score (nSPS) is 16.6. The molecule has 1 aliphatic rings. The van der Waals surface area contributed by atoms with Gasteiger partial charge in [0.05, 0.1) is 12.0 Å². The van der Waals surface area contributed by atoms with Gasteiger partial charge in [-0.3, -0.25) is 4.79 Å². The number of nitrogens with zero attached hydrogens (tertiary/aromatic N) is 3. The number of thioether (sulfide) groups is 1. The molecule has 1 amide bonds. The predicted octanol–water partition coefficient (Wildman–Crippen LogP) is 4.77. The number of carbonyl (C=O) groups is 1. The molecule has 7 heteroatoms. The fourth-order valence-corrected chi connectivity index (χ4v) is 3.77. The minimum atomic E-state index is -0.104. The van der Waals surface area contributed by atoms with Gasteiger partial charge in [0.1, 0.15) is 5.75 Å². The summed E-state index contributed by atoms with van der Waals surface area (Å²) >= 11 is 1.68. The van der Waals surface area contributed by atoms with E-state index in [2.05, 4.69) is 10.1 Å². The van der Waals surface area contributed by atoms with Gasteiger partial charge in [-0.2, -0.15) is 4.98 Å². The van der Waals surface area contributed by atoms with Crippen LogP contribution in [0.3, 0.4) is 0 Å². The van der Waals surface area contributed by atoms with E-state index in [-0.39, 0.29) is 17.9 Å². The number of anilines is 1. The van der Waals surface area contributed by atoms with E-state index in [1.54, 1.807) is 16.7 Å². The van der Waals surface area contributed by atoms with E-state index in [0.29, 0.717) is 24.7 Å². The molecule has 6 nitrogen and oxygen atoms in total. The largest absolute Gasteiger partial charge is 0.491 e. The summed E-state index contributed by atoms with van der Waals surface area (Å²) in [5, 5.41) is 4.11. The van der Waals surface area contributed by atoms with Gasteiger partial charge in [-0.15, -0.1) is 11.8 Å². The Bertz CT molecular complexity index is 983.